The van der Waals surface area contributed by atoms with Gasteiger partial charge < -0.3 is 9.72 Å². The van der Waals surface area contributed by atoms with Gasteiger partial charge in [-0.2, -0.15) is 4.91 Å². The van der Waals surface area contributed by atoms with E-state index in [1.54, 1.807) is 5.51 Å². The molecule has 3 rings (SSSR count). The van der Waals surface area contributed by atoms with Crippen molar-refractivity contribution in [2.24, 2.45) is 5.18 Å². The van der Waals surface area contributed by atoms with E-state index < -0.39 is 0 Å². The zero-order valence-electron chi connectivity index (χ0n) is 11.9. The fourth-order valence-corrected chi connectivity index (χ4v) is 3.24. The molecule has 0 fully saturated rings. The number of rotatable bonds is 6. The van der Waals surface area contributed by atoms with Gasteiger partial charge in [0.05, 0.1) is 16.2 Å². The molecule has 0 unspecified atom stereocenters. The van der Waals surface area contributed by atoms with Gasteiger partial charge in [-0.3, -0.25) is 0 Å². The van der Waals surface area contributed by atoms with Gasteiger partial charge >= 0.3 is 0 Å². The molecule has 0 radical (unpaired) electrons. The predicted octanol–water partition coefficient (Wildman–Crippen LogP) is 4.69. The molecule has 0 amide bonds. The summed E-state index contributed by atoms with van der Waals surface area (Å²) in [6.45, 7) is 2.54. The summed E-state index contributed by atoms with van der Waals surface area (Å²) < 4.78 is 5.74. The highest BCUT2D eigenvalue weighted by atomic mass is 35.5. The first-order valence-corrected chi connectivity index (χ1v) is 8.17. The summed E-state index contributed by atoms with van der Waals surface area (Å²) in [6, 6.07) is 3.73. The van der Waals surface area contributed by atoms with Crippen molar-refractivity contribution in [3.05, 3.63) is 49.9 Å². The molecule has 7 heteroatoms. The van der Waals surface area contributed by atoms with Gasteiger partial charge in [-0.25, -0.2) is 4.98 Å². The van der Waals surface area contributed by atoms with E-state index in [4.69, 9.17) is 16.3 Å². The Kier molecular flexibility index (Phi) is 4.40. The number of aryl methyl sites for hydroxylation is 1. The number of thiazole rings is 1. The first-order chi connectivity index (χ1) is 10.7. The smallest absolute Gasteiger partial charge is 0.140 e. The second-order valence-electron chi connectivity index (χ2n) is 4.82. The molecule has 0 atom stereocenters. The van der Waals surface area contributed by atoms with E-state index in [1.807, 2.05) is 24.4 Å². The van der Waals surface area contributed by atoms with Crippen LogP contribution in [0.25, 0.3) is 10.9 Å². The van der Waals surface area contributed by atoms with E-state index >= 15 is 0 Å². The second kappa shape index (κ2) is 6.46. The van der Waals surface area contributed by atoms with Crippen LogP contribution in [-0.4, -0.2) is 9.97 Å². The maximum Gasteiger partial charge on any atom is 0.140 e. The number of H-pyrrole nitrogens is 1. The van der Waals surface area contributed by atoms with Crippen LogP contribution in [0.4, 0.5) is 0 Å². The second-order valence-corrected chi connectivity index (χ2v) is 5.95. The Hall–Kier alpha value is -1.92. The van der Waals surface area contributed by atoms with Crippen LogP contribution >= 0.6 is 22.9 Å². The number of hydrogen-bond acceptors (Lipinski definition) is 5. The first kappa shape index (κ1) is 15.0. The van der Waals surface area contributed by atoms with E-state index in [0.29, 0.717) is 17.4 Å². The first-order valence-electron chi connectivity index (χ1n) is 6.84. The van der Waals surface area contributed by atoms with Gasteiger partial charge in [0.25, 0.3) is 0 Å². The maximum absolute atomic E-state index is 10.6. The number of nitroso groups, excluding NO2 is 1. The van der Waals surface area contributed by atoms with Crippen molar-refractivity contribution in [2.75, 3.05) is 0 Å². The monoisotopic (exact) mass is 335 g/mol. The lowest BCUT2D eigenvalue weighted by molar-refractivity contribution is 0.302. The van der Waals surface area contributed by atoms with E-state index in [1.165, 1.54) is 11.3 Å². The average Bonchev–Trinajstić information content (AvgIpc) is 3.12. The molecule has 0 bridgehead atoms. The number of fused-ring (bicyclic) bond motifs is 1. The van der Waals surface area contributed by atoms with Crippen LogP contribution in [0.15, 0.2) is 28.2 Å². The molecule has 0 saturated carbocycles. The molecule has 2 heterocycles. The van der Waals surface area contributed by atoms with E-state index in [0.717, 1.165) is 34.3 Å². The van der Waals surface area contributed by atoms with Crippen molar-refractivity contribution < 1.29 is 4.74 Å². The van der Waals surface area contributed by atoms with Gasteiger partial charge in [-0.1, -0.05) is 23.7 Å². The number of hydrogen-bond donors (Lipinski definition) is 1. The van der Waals surface area contributed by atoms with Crippen molar-refractivity contribution in [1.29, 1.82) is 0 Å². The standard InChI is InChI=1S/C15H14ClN3O2S/c1-2-10-11-3-12(16)15(21-6-9-7-22-8-17-9)4-13(11)19-14(10)5-18-20/h3-4,7-8,19H,2,5-6H2,1H3. The fourth-order valence-electron chi connectivity index (χ4n) is 2.48. The Morgan fingerprint density at radius 2 is 2.32 bits per heavy atom. The zero-order valence-corrected chi connectivity index (χ0v) is 13.5. The summed E-state index contributed by atoms with van der Waals surface area (Å²) in [4.78, 5) is 18.0. The molecule has 114 valence electrons. The minimum atomic E-state index is 0.129. The van der Waals surface area contributed by atoms with Crippen LogP contribution in [-0.2, 0) is 19.6 Å². The number of aromatic nitrogens is 2. The molecule has 22 heavy (non-hydrogen) atoms. The molecule has 0 aliphatic rings. The van der Waals surface area contributed by atoms with Crippen LogP contribution in [0.5, 0.6) is 5.75 Å². The highest BCUT2D eigenvalue weighted by Crippen LogP contribution is 2.34. The lowest BCUT2D eigenvalue weighted by Gasteiger charge is -2.07. The lowest BCUT2D eigenvalue weighted by Crippen LogP contribution is -1.96. The maximum atomic E-state index is 10.6. The summed E-state index contributed by atoms with van der Waals surface area (Å²) >= 11 is 7.84. The Morgan fingerprint density at radius 1 is 1.45 bits per heavy atom. The molecule has 0 aliphatic heterocycles. The van der Waals surface area contributed by atoms with E-state index in [2.05, 4.69) is 15.1 Å². The molecule has 1 aromatic carbocycles. The fraction of sp³-hybridized carbons (Fsp3) is 0.267. The Balaban J connectivity index is 1.95. The van der Waals surface area contributed by atoms with Crippen LogP contribution in [0.3, 0.4) is 0 Å². The zero-order chi connectivity index (χ0) is 15.5. The van der Waals surface area contributed by atoms with E-state index in [-0.39, 0.29) is 6.54 Å². The van der Waals surface area contributed by atoms with Gasteiger partial charge in [0.2, 0.25) is 0 Å². The molecule has 5 nitrogen and oxygen atoms in total. The molecule has 0 aliphatic carbocycles. The summed E-state index contributed by atoms with van der Waals surface area (Å²) in [5.74, 6) is 0.594. The number of nitrogens with zero attached hydrogens (tertiary/aromatic N) is 2. The lowest BCUT2D eigenvalue weighted by atomic mass is 10.1. The molecular formula is C15H14ClN3O2S. The SMILES string of the molecule is CCc1c(CN=O)[nH]c2cc(OCc3cscn3)c(Cl)cc12. The quantitative estimate of drug-likeness (QED) is 0.665. The molecule has 3 aromatic rings. The molecule has 0 saturated heterocycles. The Bertz CT molecular complexity index is 799. The Labute approximate surface area is 136 Å². The summed E-state index contributed by atoms with van der Waals surface area (Å²) in [6.07, 6.45) is 0.806. The van der Waals surface area contributed by atoms with Crippen LogP contribution in [0.2, 0.25) is 5.02 Å². The number of benzene rings is 1. The van der Waals surface area contributed by atoms with Crippen molar-refractivity contribution >= 4 is 33.8 Å². The molecular weight excluding hydrogens is 322 g/mol. The largest absolute Gasteiger partial charge is 0.486 e. The van der Waals surface area contributed by atoms with Gasteiger partial charge in [-0.15, -0.1) is 11.3 Å². The Morgan fingerprint density at radius 3 is 3.00 bits per heavy atom. The minimum Gasteiger partial charge on any atom is -0.486 e. The highest BCUT2D eigenvalue weighted by Gasteiger charge is 2.14. The molecule has 2 aromatic heterocycles. The van der Waals surface area contributed by atoms with Gasteiger partial charge in [-0.05, 0) is 18.1 Å². The third-order valence-corrected chi connectivity index (χ3v) is 4.41. The topological polar surface area (TPSA) is 67.3 Å². The van der Waals surface area contributed by atoms with Crippen molar-refractivity contribution in [2.45, 2.75) is 26.5 Å². The molecule has 1 N–H and O–H groups in total. The number of ether oxygens (including phenoxy) is 1. The third kappa shape index (κ3) is 2.84. The van der Waals surface area contributed by atoms with Crippen LogP contribution in [0.1, 0.15) is 23.9 Å². The van der Waals surface area contributed by atoms with Gasteiger partial charge in [0.1, 0.15) is 18.9 Å². The van der Waals surface area contributed by atoms with Gasteiger partial charge in [0.15, 0.2) is 0 Å². The van der Waals surface area contributed by atoms with Crippen LogP contribution in [0, 0.1) is 4.91 Å². The number of halogens is 1. The van der Waals surface area contributed by atoms with Crippen LogP contribution < -0.4 is 4.74 Å². The van der Waals surface area contributed by atoms with Crippen molar-refractivity contribution in [3.8, 4) is 5.75 Å². The summed E-state index contributed by atoms with van der Waals surface area (Å²) in [5, 5.41) is 6.46. The number of aromatic amines is 1. The summed E-state index contributed by atoms with van der Waals surface area (Å²) in [5.41, 5.74) is 5.43. The van der Waals surface area contributed by atoms with Gasteiger partial charge in [0, 0.05) is 28.0 Å². The van der Waals surface area contributed by atoms with Crippen molar-refractivity contribution in [3.63, 3.8) is 0 Å². The predicted molar refractivity (Wildman–Crippen MR) is 88.6 cm³/mol. The average molecular weight is 336 g/mol. The van der Waals surface area contributed by atoms with E-state index in [9.17, 15) is 4.91 Å². The number of nitrogens with one attached hydrogen (secondary N) is 1. The van der Waals surface area contributed by atoms with Crippen molar-refractivity contribution in [1.82, 2.24) is 9.97 Å². The third-order valence-electron chi connectivity index (χ3n) is 3.48. The highest BCUT2D eigenvalue weighted by molar-refractivity contribution is 7.07. The minimum absolute atomic E-state index is 0.129. The normalized spacial score (nSPS) is 11.0. The summed E-state index contributed by atoms with van der Waals surface area (Å²) in [7, 11) is 0. The molecule has 0 spiro atoms.